The molecule has 0 spiro atoms. The maximum Gasteiger partial charge on any atom is 0.270 e. The number of carbonyl (C=O) groups excluding carboxylic acids is 1. The van der Waals surface area contributed by atoms with Crippen molar-refractivity contribution in [3.8, 4) is 11.5 Å². The Kier molecular flexibility index (Phi) is 7.37. The quantitative estimate of drug-likeness (QED) is 0.362. The minimum atomic E-state index is -4.05. The van der Waals surface area contributed by atoms with Gasteiger partial charge in [0.15, 0.2) is 0 Å². The van der Waals surface area contributed by atoms with Gasteiger partial charge in [-0.15, -0.1) is 0 Å². The molecule has 0 saturated heterocycles. The molecule has 1 amide bonds. The fourth-order valence-corrected chi connectivity index (χ4v) is 4.29. The van der Waals surface area contributed by atoms with E-state index in [2.05, 4.69) is 4.72 Å². The maximum atomic E-state index is 12.8. The third-order valence-electron chi connectivity index (χ3n) is 4.97. The average Bonchev–Trinajstić information content (AvgIpc) is 2.84. The summed E-state index contributed by atoms with van der Waals surface area (Å²) in [5, 5.41) is 10.9. The second-order valence-corrected chi connectivity index (χ2v) is 8.96. The normalized spacial score (nSPS) is 10.9. The predicted molar refractivity (Wildman–Crippen MR) is 126 cm³/mol. The van der Waals surface area contributed by atoms with Gasteiger partial charge >= 0.3 is 0 Å². The Morgan fingerprint density at radius 3 is 2.35 bits per heavy atom. The summed E-state index contributed by atoms with van der Waals surface area (Å²) in [5.74, 6) is 0.952. The highest BCUT2D eigenvalue weighted by atomic mass is 32.2. The summed E-state index contributed by atoms with van der Waals surface area (Å²) in [7, 11) is 0.685. The highest BCUT2D eigenvalue weighted by molar-refractivity contribution is 7.92. The second kappa shape index (κ2) is 10.2. The summed E-state index contributed by atoms with van der Waals surface area (Å²) in [5.41, 5.74) is 1.02. The molecular formula is C23H23N3O7S. The number of methoxy groups -OCH3 is 2. The van der Waals surface area contributed by atoms with E-state index in [0.717, 1.165) is 11.6 Å². The van der Waals surface area contributed by atoms with Crippen molar-refractivity contribution in [1.82, 2.24) is 4.90 Å². The van der Waals surface area contributed by atoms with Gasteiger partial charge in [0.1, 0.15) is 11.5 Å². The van der Waals surface area contributed by atoms with E-state index < -0.39 is 14.9 Å². The number of ether oxygens (including phenoxy) is 2. The van der Waals surface area contributed by atoms with Crippen molar-refractivity contribution in [3.63, 3.8) is 0 Å². The second-order valence-electron chi connectivity index (χ2n) is 7.28. The third kappa shape index (κ3) is 5.62. The lowest BCUT2D eigenvalue weighted by atomic mass is 10.1. The van der Waals surface area contributed by atoms with E-state index >= 15 is 0 Å². The van der Waals surface area contributed by atoms with E-state index in [-0.39, 0.29) is 28.7 Å². The molecule has 0 aliphatic rings. The van der Waals surface area contributed by atoms with Crippen LogP contribution in [0.1, 0.15) is 15.9 Å². The van der Waals surface area contributed by atoms with Crippen LogP contribution in [0.5, 0.6) is 11.5 Å². The standard InChI is InChI=1S/C23H23N3O7S/c1-25(15-17-9-12-20(32-2)14-22(17)33-3)23(27)16-7-10-18(11-8-16)24-34(30,31)21-6-4-5-19(13-21)26(28)29/h4-14,24H,15H2,1-3H3. The number of carbonyl (C=O) groups is 1. The number of benzene rings is 3. The van der Waals surface area contributed by atoms with Crippen LogP contribution in [0.4, 0.5) is 11.4 Å². The number of amides is 1. The topological polar surface area (TPSA) is 128 Å². The van der Waals surface area contributed by atoms with Crippen molar-refractivity contribution in [2.24, 2.45) is 0 Å². The zero-order valence-corrected chi connectivity index (χ0v) is 19.5. The van der Waals surface area contributed by atoms with Gasteiger partial charge in [-0.2, -0.15) is 0 Å². The van der Waals surface area contributed by atoms with E-state index in [1.54, 1.807) is 26.3 Å². The van der Waals surface area contributed by atoms with Crippen molar-refractivity contribution in [3.05, 3.63) is 88.0 Å². The third-order valence-corrected chi connectivity index (χ3v) is 6.35. The molecule has 0 aliphatic heterocycles. The highest BCUT2D eigenvalue weighted by Gasteiger charge is 2.19. The number of hydrogen-bond donors (Lipinski definition) is 1. The Hall–Kier alpha value is -4.12. The number of non-ortho nitro benzene ring substituents is 1. The zero-order valence-electron chi connectivity index (χ0n) is 18.7. The van der Waals surface area contributed by atoms with Gasteiger partial charge in [0.25, 0.3) is 21.6 Å². The number of nitrogens with one attached hydrogen (secondary N) is 1. The van der Waals surface area contributed by atoms with Crippen molar-refractivity contribution >= 4 is 27.3 Å². The van der Waals surface area contributed by atoms with Crippen LogP contribution in [-0.4, -0.2) is 45.4 Å². The molecule has 10 nitrogen and oxygen atoms in total. The predicted octanol–water partition coefficient (Wildman–Crippen LogP) is 3.69. The van der Waals surface area contributed by atoms with Gasteiger partial charge < -0.3 is 14.4 Å². The fourth-order valence-electron chi connectivity index (χ4n) is 3.19. The Morgan fingerprint density at radius 1 is 1.03 bits per heavy atom. The van der Waals surface area contributed by atoms with Crippen LogP contribution in [0, 0.1) is 10.1 Å². The van der Waals surface area contributed by atoms with Gasteiger partial charge in [-0.25, -0.2) is 8.42 Å². The van der Waals surface area contributed by atoms with E-state index in [1.807, 2.05) is 6.07 Å². The Morgan fingerprint density at radius 2 is 1.74 bits per heavy atom. The average molecular weight is 486 g/mol. The number of nitrogens with zero attached hydrogens (tertiary/aromatic N) is 2. The Bertz CT molecular complexity index is 1310. The van der Waals surface area contributed by atoms with Crippen molar-refractivity contribution < 1.29 is 27.6 Å². The molecule has 178 valence electrons. The number of anilines is 1. The lowest BCUT2D eigenvalue weighted by Gasteiger charge is -2.19. The molecule has 3 aromatic carbocycles. The molecule has 1 N–H and O–H groups in total. The lowest BCUT2D eigenvalue weighted by Crippen LogP contribution is -2.26. The van der Waals surface area contributed by atoms with Gasteiger partial charge in [0, 0.05) is 48.6 Å². The summed E-state index contributed by atoms with van der Waals surface area (Å²) in [6, 6.07) is 15.9. The molecule has 11 heteroatoms. The van der Waals surface area contributed by atoms with Gasteiger partial charge in [-0.1, -0.05) is 6.07 Å². The van der Waals surface area contributed by atoms with E-state index in [0.29, 0.717) is 17.1 Å². The minimum absolute atomic E-state index is 0.211. The van der Waals surface area contributed by atoms with Gasteiger partial charge in [0.05, 0.1) is 24.0 Å². The number of nitro benzene ring substituents is 1. The molecule has 0 bridgehead atoms. The van der Waals surface area contributed by atoms with Crippen LogP contribution in [0.3, 0.4) is 0 Å². The zero-order chi connectivity index (χ0) is 24.9. The molecular weight excluding hydrogens is 462 g/mol. The molecule has 0 unspecified atom stereocenters. The first-order valence-electron chi connectivity index (χ1n) is 9.98. The summed E-state index contributed by atoms with van der Waals surface area (Å²) in [6.45, 7) is 0.285. The van der Waals surface area contributed by atoms with Crippen LogP contribution in [0.2, 0.25) is 0 Å². The number of rotatable bonds is 9. The monoisotopic (exact) mass is 485 g/mol. The van der Waals surface area contributed by atoms with E-state index in [4.69, 9.17) is 9.47 Å². The highest BCUT2D eigenvalue weighted by Crippen LogP contribution is 2.26. The number of hydrogen-bond acceptors (Lipinski definition) is 7. The first-order valence-corrected chi connectivity index (χ1v) is 11.5. The van der Waals surface area contributed by atoms with Crippen molar-refractivity contribution in [2.45, 2.75) is 11.4 Å². The molecule has 0 saturated carbocycles. The van der Waals surface area contributed by atoms with Gasteiger partial charge in [0.2, 0.25) is 0 Å². The molecule has 3 aromatic rings. The van der Waals surface area contributed by atoms with Gasteiger partial charge in [-0.05, 0) is 42.5 Å². The smallest absolute Gasteiger partial charge is 0.270 e. The van der Waals surface area contributed by atoms with Crippen LogP contribution < -0.4 is 14.2 Å². The summed E-state index contributed by atoms with van der Waals surface area (Å²) in [6.07, 6.45) is 0. The van der Waals surface area contributed by atoms with E-state index in [9.17, 15) is 23.3 Å². The molecule has 0 atom stereocenters. The van der Waals surface area contributed by atoms with Crippen LogP contribution >= 0.6 is 0 Å². The molecule has 0 fully saturated rings. The van der Waals surface area contributed by atoms with Crippen LogP contribution in [0.25, 0.3) is 0 Å². The molecule has 0 aromatic heterocycles. The molecule has 0 heterocycles. The summed E-state index contributed by atoms with van der Waals surface area (Å²) in [4.78, 5) is 24.4. The molecule has 0 aliphatic carbocycles. The molecule has 34 heavy (non-hydrogen) atoms. The summed E-state index contributed by atoms with van der Waals surface area (Å²) >= 11 is 0. The molecule has 0 radical (unpaired) electrons. The number of sulfonamides is 1. The van der Waals surface area contributed by atoms with Crippen LogP contribution in [0.15, 0.2) is 71.6 Å². The number of nitro groups is 1. The Labute approximate surface area is 196 Å². The SMILES string of the molecule is COc1ccc(CN(C)C(=O)c2ccc(NS(=O)(=O)c3cccc([N+](=O)[O-])c3)cc2)c(OC)c1. The Balaban J connectivity index is 1.72. The maximum absolute atomic E-state index is 12.8. The first kappa shape index (κ1) is 24.5. The lowest BCUT2D eigenvalue weighted by molar-refractivity contribution is -0.385. The van der Waals surface area contributed by atoms with Crippen LogP contribution in [-0.2, 0) is 16.6 Å². The first-order chi connectivity index (χ1) is 16.1. The fraction of sp³-hybridized carbons (Fsp3) is 0.174. The summed E-state index contributed by atoms with van der Waals surface area (Å²) < 4.78 is 38.1. The van der Waals surface area contributed by atoms with Crippen molar-refractivity contribution in [1.29, 1.82) is 0 Å². The minimum Gasteiger partial charge on any atom is -0.497 e. The molecule has 3 rings (SSSR count). The van der Waals surface area contributed by atoms with E-state index in [1.165, 1.54) is 54.5 Å². The van der Waals surface area contributed by atoms with Crippen molar-refractivity contribution in [2.75, 3.05) is 26.0 Å². The largest absolute Gasteiger partial charge is 0.497 e. The van der Waals surface area contributed by atoms with Gasteiger partial charge in [-0.3, -0.25) is 19.6 Å².